The van der Waals surface area contributed by atoms with Gasteiger partial charge in [0.05, 0.1) is 0 Å². The molecule has 1 aliphatic heterocycles. The average Bonchev–Trinajstić information content (AvgIpc) is 2.86. The van der Waals surface area contributed by atoms with E-state index in [2.05, 4.69) is 21.0 Å². The van der Waals surface area contributed by atoms with Gasteiger partial charge in [0.25, 0.3) is 5.91 Å². The number of amides is 1. The van der Waals surface area contributed by atoms with E-state index in [4.69, 9.17) is 4.74 Å². The molecule has 2 aromatic rings. The van der Waals surface area contributed by atoms with Crippen LogP contribution in [0.15, 0.2) is 46.2 Å². The molecule has 2 aliphatic rings. The van der Waals surface area contributed by atoms with Crippen LogP contribution in [0.5, 0.6) is 0 Å². The van der Waals surface area contributed by atoms with E-state index in [1.54, 1.807) is 12.1 Å². The SMILES string of the molecule is COC1(C(=O)NS(=O)(=O)c2c[c-]c(NC(CSc3ccc(F)cc3)C3CN(C)C3)c(F)c2)CCCCC1.[Cm]. The van der Waals surface area contributed by atoms with Crippen LogP contribution < -0.4 is 10.0 Å². The zero-order valence-electron chi connectivity index (χ0n) is 21.3. The maximum Gasteiger partial charge on any atom is 0.265 e. The van der Waals surface area contributed by atoms with Crippen molar-refractivity contribution in [2.24, 2.45) is 5.92 Å². The summed E-state index contributed by atoms with van der Waals surface area (Å²) >= 11 is 1.53. The van der Waals surface area contributed by atoms with Crippen molar-refractivity contribution < 1.29 is 26.7 Å². The normalized spacial score (nSPS) is 18.6. The van der Waals surface area contributed by atoms with Gasteiger partial charge in [0.15, 0.2) is 0 Å². The summed E-state index contributed by atoms with van der Waals surface area (Å²) in [6.07, 6.45) is 3.35. The molecular weight excluding hydrogens is 767 g/mol. The average molecular weight is 800 g/mol. The molecule has 0 bridgehead atoms. The summed E-state index contributed by atoms with van der Waals surface area (Å²) in [7, 11) is -0.910. The molecule has 1 unspecified atom stereocenters. The number of rotatable bonds is 10. The number of likely N-dealkylation sites (tertiary alicyclic amines) is 1. The summed E-state index contributed by atoms with van der Waals surface area (Å²) < 4.78 is 61.6. The zero-order chi connectivity index (χ0) is 26.6. The van der Waals surface area contributed by atoms with Gasteiger partial charge in [-0.05, 0) is 54.7 Å². The molecule has 7 nitrogen and oxygen atoms in total. The minimum atomic E-state index is -4.31. The number of carbonyl (C=O) groups is 1. The van der Waals surface area contributed by atoms with Crippen molar-refractivity contribution in [3.63, 3.8) is 0 Å². The van der Waals surface area contributed by atoms with Crippen LogP contribution in [0.4, 0.5) is 14.5 Å². The van der Waals surface area contributed by atoms with E-state index in [1.165, 1.54) is 37.1 Å². The van der Waals surface area contributed by atoms with Gasteiger partial charge in [0.2, 0.25) is 10.0 Å². The number of nitrogens with zero attached hydrogens (tertiary/aromatic N) is 1. The Balaban J connectivity index is 0.00000400. The van der Waals surface area contributed by atoms with Gasteiger partial charge in [-0.3, -0.25) is 13.9 Å². The molecule has 0 aromatic heterocycles. The van der Waals surface area contributed by atoms with E-state index in [0.29, 0.717) is 18.6 Å². The van der Waals surface area contributed by atoms with E-state index in [1.807, 2.05) is 7.05 Å². The summed E-state index contributed by atoms with van der Waals surface area (Å²) in [5.41, 5.74) is -1.13. The van der Waals surface area contributed by atoms with Gasteiger partial charge < -0.3 is 15.0 Å². The van der Waals surface area contributed by atoms with Crippen LogP contribution in [0.1, 0.15) is 32.1 Å². The van der Waals surface area contributed by atoms with E-state index in [0.717, 1.165) is 43.3 Å². The molecule has 2 N–H and O–H groups in total. The number of ether oxygens (including phenoxy) is 1. The molecular formula is C26H32CmF2N3O4S2-. The number of hydrogen-bond donors (Lipinski definition) is 2. The van der Waals surface area contributed by atoms with Crippen LogP contribution in [-0.2, 0) is 19.6 Å². The Hall–Kier alpha value is -3.21. The third kappa shape index (κ3) is 6.61. The van der Waals surface area contributed by atoms with Crippen LogP contribution in [0, 0.1) is 23.6 Å². The minimum absolute atomic E-state index is 0. The second-order valence-corrected chi connectivity index (χ2v) is 12.5. The molecule has 1 amide bonds. The quantitative estimate of drug-likeness (QED) is 0.277. The smallest absolute Gasteiger partial charge is 0.265 e. The van der Waals surface area contributed by atoms with Crippen LogP contribution in [-0.4, -0.2) is 63.9 Å². The van der Waals surface area contributed by atoms with Gasteiger partial charge in [-0.2, -0.15) is 12.1 Å². The molecule has 1 aliphatic carbocycles. The van der Waals surface area contributed by atoms with E-state index < -0.39 is 27.3 Å². The molecule has 4 rings (SSSR count). The number of thioether (sulfide) groups is 1. The number of anilines is 1. The molecule has 2 aromatic carbocycles. The Morgan fingerprint density at radius 2 is 1.87 bits per heavy atom. The van der Waals surface area contributed by atoms with E-state index in [-0.39, 0.29) is 28.4 Å². The number of carbonyl (C=O) groups excluding carboxylic acids is 1. The standard InChI is InChI=1S/C26H32F2N3O4S2.Cm/c1-31-15-18(16-31)24(17-36-20-8-6-19(27)7-9-20)29-23-11-10-21(14-22(23)28)37(33,34)30-25(32)26(35-2)12-4-3-5-13-26;/h6-10,14,18,24,29H,3-5,12-13,15-17H2,1-2H3,(H,30,32);/q-1;. The molecule has 0 spiro atoms. The van der Waals surface area contributed by atoms with Gasteiger partial charge in [0.1, 0.15) is 11.4 Å². The molecule has 0 radical (unpaired) electrons. The fraction of sp³-hybridized carbons (Fsp3) is 0.500. The summed E-state index contributed by atoms with van der Waals surface area (Å²) in [5, 5.41) is 3.18. The Morgan fingerprint density at radius 1 is 1.21 bits per heavy atom. The fourth-order valence-electron chi connectivity index (χ4n) is 4.84. The summed E-state index contributed by atoms with van der Waals surface area (Å²) in [6, 6.07) is 10.9. The van der Waals surface area contributed by atoms with Crippen molar-refractivity contribution in [2.45, 2.75) is 53.5 Å². The molecule has 38 heavy (non-hydrogen) atoms. The molecule has 210 valence electrons. The van der Waals surface area contributed by atoms with E-state index in [9.17, 15) is 17.6 Å². The predicted molar refractivity (Wildman–Crippen MR) is 139 cm³/mol. The van der Waals surface area contributed by atoms with Gasteiger partial charge in [0, 0.05) is 48.6 Å². The van der Waals surface area contributed by atoms with Crippen LogP contribution in [0.2, 0.25) is 0 Å². The van der Waals surface area contributed by atoms with Crippen LogP contribution in [0.25, 0.3) is 0 Å². The van der Waals surface area contributed by atoms with Crippen LogP contribution in [0.3, 0.4) is 0 Å². The Labute approximate surface area is 221 Å². The van der Waals surface area contributed by atoms with Gasteiger partial charge in [-0.25, -0.2) is 12.8 Å². The van der Waals surface area contributed by atoms with E-state index >= 15 is 4.39 Å². The van der Waals surface area contributed by atoms with Crippen molar-refractivity contribution in [3.05, 3.63) is 54.1 Å². The number of hydrogen-bond acceptors (Lipinski definition) is 7. The van der Waals surface area contributed by atoms with Crippen molar-refractivity contribution >= 4 is 33.4 Å². The molecule has 2 fully saturated rings. The van der Waals surface area contributed by atoms with Crippen molar-refractivity contribution in [3.8, 4) is 0 Å². The van der Waals surface area contributed by atoms with Gasteiger partial charge >= 0.3 is 0 Å². The predicted octanol–water partition coefficient (Wildman–Crippen LogP) is 4.05. The summed E-state index contributed by atoms with van der Waals surface area (Å²) in [6.45, 7) is 1.67. The number of nitrogens with one attached hydrogen (secondary N) is 2. The minimum Gasteiger partial charge on any atom is -0.400 e. The third-order valence-electron chi connectivity index (χ3n) is 7.10. The van der Waals surface area contributed by atoms with Crippen molar-refractivity contribution in [1.29, 1.82) is 0 Å². The maximum atomic E-state index is 15.1. The number of sulfonamides is 1. The first-order valence-corrected chi connectivity index (χ1v) is 14.8. The molecule has 1 atom stereocenters. The Morgan fingerprint density at radius 3 is 2.45 bits per heavy atom. The number of methoxy groups -OCH3 is 1. The monoisotopic (exact) mass is 795 g/mol. The molecule has 1 saturated carbocycles. The largest absolute Gasteiger partial charge is 0.400 e. The second-order valence-electron chi connectivity index (χ2n) is 9.75. The Bertz CT molecular complexity index is 1210. The maximum absolute atomic E-state index is 15.1. The molecule has 1 heterocycles. The topological polar surface area (TPSA) is 87.7 Å². The first kappa shape index (κ1) is 29.3. The first-order valence-electron chi connectivity index (χ1n) is 12.3. The zero-order valence-corrected chi connectivity index (χ0v) is 25.9. The number of benzene rings is 2. The Kier molecular flexibility index (Phi) is 9.35. The van der Waals surface area contributed by atoms with Gasteiger partial charge in [-0.15, -0.1) is 17.8 Å². The van der Waals surface area contributed by atoms with Crippen molar-refractivity contribution in [1.82, 2.24) is 9.62 Å². The first-order chi connectivity index (χ1) is 17.6. The number of halogens is 2. The third-order valence-corrected chi connectivity index (χ3v) is 9.55. The molecule has 1 saturated heterocycles. The molecule has 12 heteroatoms. The summed E-state index contributed by atoms with van der Waals surface area (Å²) in [5.74, 6) is -0.955. The summed E-state index contributed by atoms with van der Waals surface area (Å²) in [4.78, 5) is 15.5. The fourth-order valence-corrected chi connectivity index (χ4v) is 6.91. The van der Waals surface area contributed by atoms with Crippen molar-refractivity contribution in [2.75, 3.05) is 38.3 Å². The van der Waals surface area contributed by atoms with Gasteiger partial charge in [-0.1, -0.05) is 19.3 Å². The second kappa shape index (κ2) is 12.1. The van der Waals surface area contributed by atoms with Crippen LogP contribution >= 0.6 is 11.8 Å².